The van der Waals surface area contributed by atoms with E-state index in [1.165, 1.54) is 0 Å². The van der Waals surface area contributed by atoms with Crippen LogP contribution in [0.3, 0.4) is 0 Å². The SMILES string of the molecule is C#CCNC(=O)COc1ccc(C)cc1CC(C)N. The van der Waals surface area contributed by atoms with Gasteiger partial charge in [0.2, 0.25) is 0 Å². The second kappa shape index (κ2) is 7.45. The number of aryl methyl sites for hydroxylation is 1. The summed E-state index contributed by atoms with van der Waals surface area (Å²) >= 11 is 0. The minimum absolute atomic E-state index is 0.0411. The summed E-state index contributed by atoms with van der Waals surface area (Å²) in [6.45, 7) is 4.11. The van der Waals surface area contributed by atoms with Gasteiger partial charge in [0, 0.05) is 6.04 Å². The number of hydrogen-bond donors (Lipinski definition) is 2. The van der Waals surface area contributed by atoms with Gasteiger partial charge < -0.3 is 15.8 Å². The number of ether oxygens (including phenoxy) is 1. The van der Waals surface area contributed by atoms with Crippen LogP contribution in [0.25, 0.3) is 0 Å². The average molecular weight is 260 g/mol. The van der Waals surface area contributed by atoms with E-state index in [1.54, 1.807) is 0 Å². The molecule has 4 nitrogen and oxygen atoms in total. The molecule has 0 spiro atoms. The van der Waals surface area contributed by atoms with Gasteiger partial charge >= 0.3 is 0 Å². The first-order valence-corrected chi connectivity index (χ1v) is 6.21. The molecule has 1 aromatic carbocycles. The zero-order valence-electron chi connectivity index (χ0n) is 11.4. The Hall–Kier alpha value is -1.99. The third-order valence-corrected chi connectivity index (χ3v) is 2.50. The van der Waals surface area contributed by atoms with Crippen molar-refractivity contribution >= 4 is 5.91 Å². The van der Waals surface area contributed by atoms with E-state index < -0.39 is 0 Å². The van der Waals surface area contributed by atoms with Gasteiger partial charge in [0.1, 0.15) is 5.75 Å². The summed E-state index contributed by atoms with van der Waals surface area (Å²) in [5, 5.41) is 2.55. The topological polar surface area (TPSA) is 64.3 Å². The Morgan fingerprint density at radius 1 is 1.58 bits per heavy atom. The highest BCUT2D eigenvalue weighted by Crippen LogP contribution is 2.21. The number of hydrogen-bond acceptors (Lipinski definition) is 3. The summed E-state index contributed by atoms with van der Waals surface area (Å²) in [6, 6.07) is 5.87. The van der Waals surface area contributed by atoms with Gasteiger partial charge in [-0.15, -0.1) is 6.42 Å². The van der Waals surface area contributed by atoms with Crippen molar-refractivity contribution in [3.8, 4) is 18.1 Å². The fourth-order valence-electron chi connectivity index (χ4n) is 1.70. The van der Waals surface area contributed by atoms with Crippen molar-refractivity contribution in [2.24, 2.45) is 5.73 Å². The van der Waals surface area contributed by atoms with Crippen molar-refractivity contribution in [1.82, 2.24) is 5.32 Å². The molecular weight excluding hydrogens is 240 g/mol. The highest BCUT2D eigenvalue weighted by atomic mass is 16.5. The number of carbonyl (C=O) groups excluding carboxylic acids is 1. The van der Waals surface area contributed by atoms with E-state index in [-0.39, 0.29) is 25.1 Å². The molecule has 1 unspecified atom stereocenters. The summed E-state index contributed by atoms with van der Waals surface area (Å²) in [5.41, 5.74) is 7.96. The summed E-state index contributed by atoms with van der Waals surface area (Å²) in [6.07, 6.45) is 5.77. The van der Waals surface area contributed by atoms with Crippen LogP contribution in [-0.4, -0.2) is 25.1 Å². The Kier molecular flexibility index (Phi) is 5.91. The summed E-state index contributed by atoms with van der Waals surface area (Å²) in [7, 11) is 0. The molecule has 1 aromatic rings. The molecule has 0 fully saturated rings. The van der Waals surface area contributed by atoms with E-state index in [4.69, 9.17) is 16.9 Å². The fraction of sp³-hybridized carbons (Fsp3) is 0.400. The van der Waals surface area contributed by atoms with E-state index in [9.17, 15) is 4.79 Å². The minimum Gasteiger partial charge on any atom is -0.483 e. The van der Waals surface area contributed by atoms with Crippen LogP contribution < -0.4 is 15.8 Å². The molecular formula is C15H20N2O2. The monoisotopic (exact) mass is 260 g/mol. The van der Waals surface area contributed by atoms with Crippen molar-refractivity contribution in [3.05, 3.63) is 29.3 Å². The Morgan fingerprint density at radius 3 is 2.95 bits per heavy atom. The first-order valence-electron chi connectivity index (χ1n) is 6.21. The van der Waals surface area contributed by atoms with Crippen LogP contribution in [0.15, 0.2) is 18.2 Å². The molecule has 1 amide bonds. The standard InChI is InChI=1S/C15H20N2O2/c1-4-7-17-15(18)10-19-14-6-5-11(2)8-13(14)9-12(3)16/h1,5-6,8,12H,7,9-10,16H2,2-3H3,(H,17,18). The molecule has 0 aliphatic rings. The predicted octanol–water partition coefficient (Wildman–Crippen LogP) is 1.01. The van der Waals surface area contributed by atoms with Crippen LogP contribution in [0.2, 0.25) is 0 Å². The molecule has 0 aromatic heterocycles. The van der Waals surface area contributed by atoms with E-state index in [0.29, 0.717) is 12.2 Å². The highest BCUT2D eigenvalue weighted by molar-refractivity contribution is 5.77. The molecule has 0 aliphatic heterocycles. The van der Waals surface area contributed by atoms with Crippen LogP contribution in [0.1, 0.15) is 18.1 Å². The normalized spacial score (nSPS) is 11.5. The van der Waals surface area contributed by atoms with Crippen LogP contribution in [0, 0.1) is 19.3 Å². The maximum atomic E-state index is 11.4. The molecule has 4 heteroatoms. The summed E-state index contributed by atoms with van der Waals surface area (Å²) in [5.74, 6) is 2.80. The predicted molar refractivity (Wildman–Crippen MR) is 75.9 cm³/mol. The molecule has 19 heavy (non-hydrogen) atoms. The first kappa shape index (κ1) is 15.1. The van der Waals surface area contributed by atoms with Crippen molar-refractivity contribution in [2.75, 3.05) is 13.2 Å². The number of rotatable bonds is 6. The Balaban J connectivity index is 2.67. The zero-order chi connectivity index (χ0) is 14.3. The van der Waals surface area contributed by atoms with Crippen LogP contribution in [0.4, 0.5) is 0 Å². The molecule has 0 saturated heterocycles. The van der Waals surface area contributed by atoms with Gasteiger partial charge in [0.25, 0.3) is 5.91 Å². The molecule has 3 N–H and O–H groups in total. The second-order valence-electron chi connectivity index (χ2n) is 4.56. The molecule has 0 aliphatic carbocycles. The number of nitrogens with two attached hydrogens (primary N) is 1. The van der Waals surface area contributed by atoms with Crippen molar-refractivity contribution in [2.45, 2.75) is 26.3 Å². The molecule has 1 atom stereocenters. The highest BCUT2D eigenvalue weighted by Gasteiger charge is 2.08. The van der Waals surface area contributed by atoms with Gasteiger partial charge in [-0.1, -0.05) is 23.6 Å². The second-order valence-corrected chi connectivity index (χ2v) is 4.56. The molecule has 0 saturated carbocycles. The van der Waals surface area contributed by atoms with Gasteiger partial charge in [0.05, 0.1) is 6.54 Å². The van der Waals surface area contributed by atoms with E-state index in [1.807, 2.05) is 32.0 Å². The maximum Gasteiger partial charge on any atom is 0.258 e. The van der Waals surface area contributed by atoms with Gasteiger partial charge in [-0.2, -0.15) is 0 Å². The quantitative estimate of drug-likeness (QED) is 0.750. The van der Waals surface area contributed by atoms with Crippen molar-refractivity contribution in [3.63, 3.8) is 0 Å². The lowest BCUT2D eigenvalue weighted by molar-refractivity contribution is -0.122. The number of amides is 1. The minimum atomic E-state index is -0.231. The lowest BCUT2D eigenvalue weighted by Crippen LogP contribution is -2.29. The summed E-state index contributed by atoms with van der Waals surface area (Å²) in [4.78, 5) is 11.4. The summed E-state index contributed by atoms with van der Waals surface area (Å²) < 4.78 is 5.52. The Morgan fingerprint density at radius 2 is 2.32 bits per heavy atom. The van der Waals surface area contributed by atoms with Gasteiger partial charge in [0.15, 0.2) is 6.61 Å². The van der Waals surface area contributed by atoms with E-state index >= 15 is 0 Å². The number of terminal acetylenes is 1. The van der Waals surface area contributed by atoms with Gasteiger partial charge in [-0.05, 0) is 31.9 Å². The molecule has 0 bridgehead atoms. The molecule has 0 radical (unpaired) electrons. The smallest absolute Gasteiger partial charge is 0.258 e. The van der Waals surface area contributed by atoms with Crippen LogP contribution >= 0.6 is 0 Å². The third-order valence-electron chi connectivity index (χ3n) is 2.50. The average Bonchev–Trinajstić information content (AvgIpc) is 2.34. The number of carbonyl (C=O) groups is 1. The van der Waals surface area contributed by atoms with E-state index in [2.05, 4.69) is 11.2 Å². The largest absolute Gasteiger partial charge is 0.483 e. The van der Waals surface area contributed by atoms with Crippen molar-refractivity contribution in [1.29, 1.82) is 0 Å². The maximum absolute atomic E-state index is 11.4. The third kappa shape index (κ3) is 5.45. The first-order chi connectivity index (χ1) is 9.02. The molecule has 1 rings (SSSR count). The fourth-order valence-corrected chi connectivity index (χ4v) is 1.70. The van der Waals surface area contributed by atoms with Gasteiger partial charge in [-0.3, -0.25) is 4.79 Å². The molecule has 0 heterocycles. The lowest BCUT2D eigenvalue weighted by Gasteiger charge is -2.13. The van der Waals surface area contributed by atoms with Gasteiger partial charge in [-0.25, -0.2) is 0 Å². The molecule has 102 valence electrons. The zero-order valence-corrected chi connectivity index (χ0v) is 11.4. The van der Waals surface area contributed by atoms with Crippen molar-refractivity contribution < 1.29 is 9.53 Å². The Labute approximate surface area is 114 Å². The van der Waals surface area contributed by atoms with E-state index in [0.717, 1.165) is 11.1 Å². The van der Waals surface area contributed by atoms with Crippen LogP contribution in [-0.2, 0) is 11.2 Å². The number of benzene rings is 1. The van der Waals surface area contributed by atoms with Crippen LogP contribution in [0.5, 0.6) is 5.75 Å². The number of nitrogens with one attached hydrogen (secondary N) is 1. The Bertz CT molecular complexity index is 476. The lowest BCUT2D eigenvalue weighted by atomic mass is 10.0.